The molecule has 1 aromatic carbocycles. The van der Waals surface area contributed by atoms with Crippen LogP contribution in [0.5, 0.6) is 0 Å². The molecule has 0 aliphatic rings. The highest BCUT2D eigenvalue weighted by molar-refractivity contribution is 5.73. The predicted molar refractivity (Wildman–Crippen MR) is 98.6 cm³/mol. The number of aromatic nitrogens is 3. The van der Waals surface area contributed by atoms with Gasteiger partial charge in [-0.15, -0.1) is 5.10 Å². The van der Waals surface area contributed by atoms with Crippen molar-refractivity contribution in [2.24, 2.45) is 0 Å². The molecule has 0 amide bonds. The van der Waals surface area contributed by atoms with Crippen molar-refractivity contribution < 1.29 is 0 Å². The van der Waals surface area contributed by atoms with Gasteiger partial charge in [-0.3, -0.25) is 0 Å². The molecule has 2 rings (SSSR count). The summed E-state index contributed by atoms with van der Waals surface area (Å²) < 4.78 is 2.05. The average Bonchev–Trinajstić information content (AvgIpc) is 2.99. The Kier molecular flexibility index (Phi) is 8.75. The van der Waals surface area contributed by atoms with Gasteiger partial charge in [-0.2, -0.15) is 0 Å². The Morgan fingerprint density at radius 2 is 1.30 bits per heavy atom. The van der Waals surface area contributed by atoms with Crippen LogP contribution in [-0.2, 0) is 6.54 Å². The molecule has 0 radical (unpaired) electrons. The van der Waals surface area contributed by atoms with Gasteiger partial charge in [-0.05, 0) is 18.6 Å². The third kappa shape index (κ3) is 6.72. The monoisotopic (exact) mass is 315 g/mol. The summed E-state index contributed by atoms with van der Waals surface area (Å²) in [6.07, 6.45) is 16.7. The third-order valence-corrected chi connectivity index (χ3v) is 4.64. The smallest absolute Gasteiger partial charge is 0.113 e. The number of benzene rings is 1. The van der Waals surface area contributed by atoms with Crippen molar-refractivity contribution in [3.8, 4) is 0 Å². The van der Waals surface area contributed by atoms with Crippen LogP contribution in [0.4, 0.5) is 0 Å². The van der Waals surface area contributed by atoms with Gasteiger partial charge in [0.25, 0.3) is 0 Å². The van der Waals surface area contributed by atoms with E-state index in [1.165, 1.54) is 77.0 Å². The van der Waals surface area contributed by atoms with Gasteiger partial charge in [-0.25, -0.2) is 4.68 Å². The van der Waals surface area contributed by atoms with Crippen molar-refractivity contribution in [3.05, 3.63) is 24.3 Å². The highest BCUT2D eigenvalue weighted by atomic mass is 15.4. The lowest BCUT2D eigenvalue weighted by Crippen LogP contribution is -2.00. The van der Waals surface area contributed by atoms with Gasteiger partial charge in [0.15, 0.2) is 0 Å². The Bertz CT molecular complexity index is 532. The van der Waals surface area contributed by atoms with Gasteiger partial charge in [0.2, 0.25) is 0 Å². The fraction of sp³-hybridized carbons (Fsp3) is 0.700. The molecular formula is C20H33N3. The van der Waals surface area contributed by atoms with E-state index in [2.05, 4.69) is 29.4 Å². The van der Waals surface area contributed by atoms with Gasteiger partial charge in [-0.1, -0.05) is 94.9 Å². The molecular weight excluding hydrogens is 282 g/mol. The standard InChI is InChI=1S/C20H33N3/c1-2-3-4-5-6-7-8-9-10-11-12-15-18-23-20-17-14-13-16-19(20)21-22-23/h13-14,16-17H,2-12,15,18H2,1H3. The predicted octanol–water partition coefficient (Wildman–Crippen LogP) is 6.13. The van der Waals surface area contributed by atoms with E-state index in [9.17, 15) is 0 Å². The molecule has 0 saturated carbocycles. The van der Waals surface area contributed by atoms with Gasteiger partial charge < -0.3 is 0 Å². The van der Waals surface area contributed by atoms with E-state index in [0.717, 1.165) is 17.6 Å². The van der Waals surface area contributed by atoms with Crippen molar-refractivity contribution in [3.63, 3.8) is 0 Å². The minimum Gasteiger partial charge on any atom is -0.245 e. The molecule has 3 nitrogen and oxygen atoms in total. The summed E-state index contributed by atoms with van der Waals surface area (Å²) >= 11 is 0. The quantitative estimate of drug-likeness (QED) is 0.416. The molecule has 23 heavy (non-hydrogen) atoms. The van der Waals surface area contributed by atoms with Crippen LogP contribution in [0.25, 0.3) is 11.0 Å². The van der Waals surface area contributed by atoms with E-state index in [1.54, 1.807) is 0 Å². The Morgan fingerprint density at radius 3 is 1.96 bits per heavy atom. The second kappa shape index (κ2) is 11.2. The number of fused-ring (bicyclic) bond motifs is 1. The van der Waals surface area contributed by atoms with Crippen LogP contribution in [0.1, 0.15) is 84.0 Å². The highest BCUT2D eigenvalue weighted by Crippen LogP contribution is 2.14. The lowest BCUT2D eigenvalue weighted by atomic mass is 10.1. The summed E-state index contributed by atoms with van der Waals surface area (Å²) in [7, 11) is 0. The fourth-order valence-electron chi connectivity index (χ4n) is 3.19. The summed E-state index contributed by atoms with van der Waals surface area (Å²) in [5, 5.41) is 8.46. The zero-order valence-electron chi connectivity index (χ0n) is 14.8. The van der Waals surface area contributed by atoms with Crippen LogP contribution in [0.2, 0.25) is 0 Å². The number of nitrogens with zero attached hydrogens (tertiary/aromatic N) is 3. The Balaban J connectivity index is 1.44. The molecule has 0 aliphatic heterocycles. The van der Waals surface area contributed by atoms with Gasteiger partial charge in [0, 0.05) is 6.54 Å². The number of rotatable bonds is 13. The molecule has 2 aromatic rings. The van der Waals surface area contributed by atoms with E-state index in [0.29, 0.717) is 0 Å². The molecule has 0 aliphatic carbocycles. The van der Waals surface area contributed by atoms with E-state index < -0.39 is 0 Å². The van der Waals surface area contributed by atoms with Crippen LogP contribution >= 0.6 is 0 Å². The number of aryl methyl sites for hydroxylation is 1. The fourth-order valence-corrected chi connectivity index (χ4v) is 3.19. The van der Waals surface area contributed by atoms with E-state index in [4.69, 9.17) is 0 Å². The van der Waals surface area contributed by atoms with Crippen molar-refractivity contribution >= 4 is 11.0 Å². The third-order valence-electron chi connectivity index (χ3n) is 4.64. The molecule has 0 bridgehead atoms. The first-order valence-corrected chi connectivity index (χ1v) is 9.70. The Hall–Kier alpha value is -1.38. The molecule has 0 atom stereocenters. The maximum atomic E-state index is 4.25. The average molecular weight is 316 g/mol. The summed E-state index contributed by atoms with van der Waals surface area (Å²) in [6.45, 7) is 3.28. The minimum atomic E-state index is 0.998. The van der Waals surface area contributed by atoms with Gasteiger partial charge in [0.1, 0.15) is 5.52 Å². The van der Waals surface area contributed by atoms with Gasteiger partial charge >= 0.3 is 0 Å². The number of hydrogen-bond acceptors (Lipinski definition) is 2. The molecule has 128 valence electrons. The van der Waals surface area contributed by atoms with Crippen molar-refractivity contribution in [2.75, 3.05) is 0 Å². The molecule has 0 N–H and O–H groups in total. The Labute approximate surface area is 141 Å². The van der Waals surface area contributed by atoms with Crippen molar-refractivity contribution in [1.29, 1.82) is 0 Å². The first-order chi connectivity index (χ1) is 11.4. The number of unbranched alkanes of at least 4 members (excludes halogenated alkanes) is 11. The lowest BCUT2D eigenvalue weighted by Gasteiger charge is -2.04. The topological polar surface area (TPSA) is 30.7 Å². The molecule has 0 fully saturated rings. The molecule has 1 aromatic heterocycles. The summed E-state index contributed by atoms with van der Waals surface area (Å²) in [6, 6.07) is 8.21. The number of para-hydroxylation sites is 1. The van der Waals surface area contributed by atoms with Crippen LogP contribution in [-0.4, -0.2) is 15.0 Å². The van der Waals surface area contributed by atoms with Crippen molar-refractivity contribution in [2.45, 2.75) is 90.5 Å². The first-order valence-electron chi connectivity index (χ1n) is 9.70. The second-order valence-corrected chi connectivity index (χ2v) is 6.69. The van der Waals surface area contributed by atoms with Crippen LogP contribution in [0.3, 0.4) is 0 Å². The van der Waals surface area contributed by atoms with Crippen LogP contribution in [0, 0.1) is 0 Å². The second-order valence-electron chi connectivity index (χ2n) is 6.69. The normalized spacial score (nSPS) is 11.3. The maximum absolute atomic E-state index is 4.25. The summed E-state index contributed by atoms with van der Waals surface area (Å²) in [5.74, 6) is 0. The number of hydrogen-bond donors (Lipinski definition) is 0. The molecule has 0 unspecified atom stereocenters. The minimum absolute atomic E-state index is 0.998. The summed E-state index contributed by atoms with van der Waals surface area (Å²) in [5.41, 5.74) is 2.17. The van der Waals surface area contributed by atoms with E-state index >= 15 is 0 Å². The first kappa shape index (κ1) is 18.0. The molecule has 0 saturated heterocycles. The van der Waals surface area contributed by atoms with Crippen LogP contribution < -0.4 is 0 Å². The summed E-state index contributed by atoms with van der Waals surface area (Å²) in [4.78, 5) is 0. The lowest BCUT2D eigenvalue weighted by molar-refractivity contribution is 0.512. The van der Waals surface area contributed by atoms with E-state index in [1.807, 2.05) is 16.8 Å². The van der Waals surface area contributed by atoms with Gasteiger partial charge in [0.05, 0.1) is 5.52 Å². The molecule has 3 heteroatoms. The van der Waals surface area contributed by atoms with Crippen molar-refractivity contribution in [1.82, 2.24) is 15.0 Å². The highest BCUT2D eigenvalue weighted by Gasteiger charge is 2.02. The van der Waals surface area contributed by atoms with Crippen LogP contribution in [0.15, 0.2) is 24.3 Å². The zero-order chi connectivity index (χ0) is 16.2. The SMILES string of the molecule is CCCCCCCCCCCCCCn1nnc2ccccc21. The Morgan fingerprint density at radius 1 is 0.739 bits per heavy atom. The maximum Gasteiger partial charge on any atom is 0.113 e. The molecule has 0 spiro atoms. The largest absolute Gasteiger partial charge is 0.245 e. The van der Waals surface area contributed by atoms with E-state index in [-0.39, 0.29) is 0 Å². The zero-order valence-corrected chi connectivity index (χ0v) is 14.8. The molecule has 1 heterocycles.